The summed E-state index contributed by atoms with van der Waals surface area (Å²) in [5, 5.41) is 6.65. The number of fused-ring (bicyclic) bond motifs is 1. The second kappa shape index (κ2) is 10.6. The number of likely N-dealkylation sites (N-methyl/N-ethyl adjacent to an activating group) is 1. The predicted molar refractivity (Wildman–Crippen MR) is 130 cm³/mol. The molecule has 1 fully saturated rings. The van der Waals surface area contributed by atoms with Gasteiger partial charge in [0.1, 0.15) is 24.0 Å². The number of aromatic nitrogens is 3. The van der Waals surface area contributed by atoms with Crippen LogP contribution in [0.4, 0.5) is 16.3 Å². The molecular weight excluding hydrogens is 418 g/mol. The monoisotopic (exact) mass is 451 g/mol. The zero-order valence-electron chi connectivity index (χ0n) is 19.3. The van der Waals surface area contributed by atoms with Crippen molar-refractivity contribution in [3.8, 4) is 0 Å². The Balaban J connectivity index is 1.19. The number of anilines is 2. The van der Waals surface area contributed by atoms with E-state index in [0.29, 0.717) is 12.4 Å². The van der Waals surface area contributed by atoms with E-state index in [2.05, 4.69) is 37.0 Å². The summed E-state index contributed by atoms with van der Waals surface area (Å²) in [6, 6.07) is 9.54. The summed E-state index contributed by atoms with van der Waals surface area (Å²) in [4.78, 5) is 22.9. The van der Waals surface area contributed by atoms with Crippen molar-refractivity contribution in [2.45, 2.75) is 45.4 Å². The lowest BCUT2D eigenvalue weighted by molar-refractivity contribution is -0.0108. The molecular formula is C24H33N7O2. The molecule has 2 atom stereocenters. The molecule has 1 aromatic carbocycles. The van der Waals surface area contributed by atoms with Gasteiger partial charge in [0.2, 0.25) is 0 Å². The third-order valence-corrected chi connectivity index (χ3v) is 6.09. The number of nitrogen functional groups attached to an aromatic ring is 1. The number of ether oxygens (including phenoxy) is 1. The quantitative estimate of drug-likeness (QED) is 0.429. The third kappa shape index (κ3) is 5.80. The molecule has 2 aromatic heterocycles. The van der Waals surface area contributed by atoms with Crippen LogP contribution in [0.25, 0.3) is 11.0 Å². The van der Waals surface area contributed by atoms with Crippen molar-refractivity contribution in [1.82, 2.24) is 24.8 Å². The standard InChI is InChI=1S/C24H33N7O2/c1-3-30(13-4-12-26-24(32)29-18-7-5-17(2)6-8-18)15-19-9-10-21(33-19)31-14-11-20-22(25)27-16-28-23(20)31/h5-8,11,14,16,19,21H,3-4,9-10,12-13,15H2,1-2H3,(H2,25,27,28)(H2,26,29,32)/t19-,21+/m0/s1. The zero-order valence-corrected chi connectivity index (χ0v) is 19.3. The summed E-state index contributed by atoms with van der Waals surface area (Å²) in [7, 11) is 0. The van der Waals surface area contributed by atoms with Crippen molar-refractivity contribution in [3.63, 3.8) is 0 Å². The minimum absolute atomic E-state index is 0.0346. The first kappa shape index (κ1) is 23.0. The van der Waals surface area contributed by atoms with Crippen LogP contribution < -0.4 is 16.4 Å². The Hall–Kier alpha value is -3.17. The molecule has 3 heterocycles. The van der Waals surface area contributed by atoms with Gasteiger partial charge in [-0.05, 0) is 57.5 Å². The van der Waals surface area contributed by atoms with E-state index in [1.807, 2.05) is 43.5 Å². The Morgan fingerprint density at radius 1 is 1.24 bits per heavy atom. The van der Waals surface area contributed by atoms with Gasteiger partial charge in [-0.25, -0.2) is 14.8 Å². The first-order chi connectivity index (χ1) is 16.0. The van der Waals surface area contributed by atoms with Gasteiger partial charge in [0.15, 0.2) is 0 Å². The summed E-state index contributed by atoms with van der Waals surface area (Å²) >= 11 is 0. The minimum Gasteiger partial charge on any atom is -0.383 e. The van der Waals surface area contributed by atoms with Gasteiger partial charge in [-0.2, -0.15) is 0 Å². The van der Waals surface area contributed by atoms with Gasteiger partial charge in [-0.1, -0.05) is 24.6 Å². The van der Waals surface area contributed by atoms with Crippen LogP contribution >= 0.6 is 0 Å². The Bertz CT molecular complexity index is 1070. The molecule has 9 heteroatoms. The maximum Gasteiger partial charge on any atom is 0.319 e. The number of nitrogens with zero attached hydrogens (tertiary/aromatic N) is 4. The lowest BCUT2D eigenvalue weighted by Crippen LogP contribution is -2.36. The van der Waals surface area contributed by atoms with Crippen LogP contribution in [0, 0.1) is 6.92 Å². The molecule has 176 valence electrons. The van der Waals surface area contributed by atoms with Crippen molar-refractivity contribution >= 4 is 28.6 Å². The molecule has 4 rings (SSSR count). The van der Waals surface area contributed by atoms with Gasteiger partial charge in [0.05, 0.1) is 11.5 Å². The average molecular weight is 452 g/mol. The molecule has 0 saturated carbocycles. The number of urea groups is 1. The summed E-state index contributed by atoms with van der Waals surface area (Å²) in [5.41, 5.74) is 8.74. The van der Waals surface area contributed by atoms with E-state index in [0.717, 1.165) is 55.6 Å². The van der Waals surface area contributed by atoms with E-state index in [1.165, 1.54) is 11.9 Å². The van der Waals surface area contributed by atoms with Crippen LogP contribution in [0.3, 0.4) is 0 Å². The molecule has 1 saturated heterocycles. The molecule has 0 aliphatic carbocycles. The predicted octanol–water partition coefficient (Wildman–Crippen LogP) is 3.53. The fraction of sp³-hybridized carbons (Fsp3) is 0.458. The van der Waals surface area contributed by atoms with Gasteiger partial charge in [-0.15, -0.1) is 0 Å². The molecule has 9 nitrogen and oxygen atoms in total. The Morgan fingerprint density at radius 3 is 2.85 bits per heavy atom. The number of nitrogens with two attached hydrogens (primary N) is 1. The number of rotatable bonds is 9. The smallest absolute Gasteiger partial charge is 0.319 e. The Morgan fingerprint density at radius 2 is 2.06 bits per heavy atom. The first-order valence-corrected chi connectivity index (χ1v) is 11.6. The SMILES string of the molecule is CCN(CCCNC(=O)Nc1ccc(C)cc1)C[C@@H]1CC[C@H](n2ccc3c(N)ncnc32)O1. The van der Waals surface area contributed by atoms with Crippen molar-refractivity contribution < 1.29 is 9.53 Å². The fourth-order valence-electron chi connectivity index (χ4n) is 4.23. The van der Waals surface area contributed by atoms with Gasteiger partial charge in [0, 0.05) is 25.0 Å². The minimum atomic E-state index is -0.174. The average Bonchev–Trinajstić information content (AvgIpc) is 3.45. The lowest BCUT2D eigenvalue weighted by atomic mass is 10.2. The van der Waals surface area contributed by atoms with Crippen molar-refractivity contribution in [3.05, 3.63) is 48.4 Å². The van der Waals surface area contributed by atoms with Crippen molar-refractivity contribution in [2.75, 3.05) is 37.2 Å². The van der Waals surface area contributed by atoms with E-state index in [9.17, 15) is 4.79 Å². The number of carbonyl (C=O) groups excluding carboxylic acids is 1. The molecule has 1 aliphatic rings. The van der Waals surface area contributed by atoms with Gasteiger partial charge in [0.25, 0.3) is 0 Å². The molecule has 2 amide bonds. The van der Waals surface area contributed by atoms with E-state index >= 15 is 0 Å². The van der Waals surface area contributed by atoms with E-state index in [4.69, 9.17) is 10.5 Å². The lowest BCUT2D eigenvalue weighted by Gasteiger charge is -2.24. The highest BCUT2D eigenvalue weighted by molar-refractivity contribution is 5.89. The van der Waals surface area contributed by atoms with Crippen LogP contribution in [-0.4, -0.2) is 57.7 Å². The summed E-state index contributed by atoms with van der Waals surface area (Å²) < 4.78 is 8.40. The van der Waals surface area contributed by atoms with E-state index in [1.54, 1.807) is 0 Å². The second-order valence-corrected chi connectivity index (χ2v) is 8.50. The van der Waals surface area contributed by atoms with E-state index in [-0.39, 0.29) is 18.4 Å². The van der Waals surface area contributed by atoms with Crippen LogP contribution in [0.15, 0.2) is 42.9 Å². The number of nitrogens with one attached hydrogen (secondary N) is 2. The highest BCUT2D eigenvalue weighted by Gasteiger charge is 2.28. The maximum absolute atomic E-state index is 12.1. The summed E-state index contributed by atoms with van der Waals surface area (Å²) in [6.07, 6.45) is 6.43. The number of benzene rings is 1. The van der Waals surface area contributed by atoms with Gasteiger partial charge in [-0.3, -0.25) is 0 Å². The second-order valence-electron chi connectivity index (χ2n) is 8.50. The third-order valence-electron chi connectivity index (χ3n) is 6.09. The highest BCUT2D eigenvalue weighted by atomic mass is 16.5. The molecule has 1 aliphatic heterocycles. The van der Waals surface area contributed by atoms with Crippen LogP contribution in [0.2, 0.25) is 0 Å². The van der Waals surface area contributed by atoms with Crippen LogP contribution in [0.5, 0.6) is 0 Å². The number of hydrogen-bond donors (Lipinski definition) is 3. The van der Waals surface area contributed by atoms with Crippen molar-refractivity contribution in [1.29, 1.82) is 0 Å². The molecule has 0 radical (unpaired) electrons. The largest absolute Gasteiger partial charge is 0.383 e. The molecule has 0 spiro atoms. The molecule has 3 aromatic rings. The molecule has 0 bridgehead atoms. The number of carbonyl (C=O) groups is 1. The van der Waals surface area contributed by atoms with E-state index < -0.39 is 0 Å². The maximum atomic E-state index is 12.1. The number of aryl methyl sites for hydroxylation is 1. The van der Waals surface area contributed by atoms with Crippen LogP contribution in [-0.2, 0) is 4.74 Å². The summed E-state index contributed by atoms with van der Waals surface area (Å²) in [5.74, 6) is 0.492. The van der Waals surface area contributed by atoms with Gasteiger partial charge < -0.3 is 30.6 Å². The fourth-order valence-corrected chi connectivity index (χ4v) is 4.23. The Labute approximate surface area is 194 Å². The normalized spacial score (nSPS) is 18.2. The molecule has 0 unspecified atom stereocenters. The van der Waals surface area contributed by atoms with Gasteiger partial charge >= 0.3 is 6.03 Å². The highest BCUT2D eigenvalue weighted by Crippen LogP contribution is 2.32. The number of amides is 2. The first-order valence-electron chi connectivity index (χ1n) is 11.6. The molecule has 4 N–H and O–H groups in total. The van der Waals surface area contributed by atoms with Crippen molar-refractivity contribution in [2.24, 2.45) is 0 Å². The zero-order chi connectivity index (χ0) is 23.2. The Kier molecular flexibility index (Phi) is 7.41. The summed E-state index contributed by atoms with van der Waals surface area (Å²) in [6.45, 7) is 7.52. The van der Waals surface area contributed by atoms with Crippen LogP contribution in [0.1, 0.15) is 38.0 Å². The number of hydrogen-bond acceptors (Lipinski definition) is 6. The topological polar surface area (TPSA) is 110 Å². The molecule has 33 heavy (non-hydrogen) atoms.